The first-order valence-electron chi connectivity index (χ1n) is 6.27. The Labute approximate surface area is 124 Å². The molecule has 2 heterocycles. The zero-order valence-corrected chi connectivity index (χ0v) is 12.3. The molecule has 1 N–H and O–H groups in total. The lowest BCUT2D eigenvalue weighted by Gasteiger charge is -2.09. The van der Waals surface area contributed by atoms with E-state index in [1.807, 2.05) is 19.2 Å². The van der Waals surface area contributed by atoms with Crippen molar-refractivity contribution in [2.24, 2.45) is 0 Å². The van der Waals surface area contributed by atoms with Crippen molar-refractivity contribution in [3.8, 4) is 11.6 Å². The van der Waals surface area contributed by atoms with E-state index in [0.29, 0.717) is 5.88 Å². The summed E-state index contributed by atoms with van der Waals surface area (Å²) in [4.78, 5) is 19.6. The third kappa shape index (κ3) is 2.45. The van der Waals surface area contributed by atoms with Crippen LogP contribution in [0.2, 0.25) is 0 Å². The Morgan fingerprint density at radius 2 is 2.10 bits per heavy atom. The van der Waals surface area contributed by atoms with Gasteiger partial charge < -0.3 is 9.84 Å². The van der Waals surface area contributed by atoms with E-state index in [1.54, 1.807) is 12.1 Å². The summed E-state index contributed by atoms with van der Waals surface area (Å²) in [5.41, 5.74) is 2.91. The van der Waals surface area contributed by atoms with Gasteiger partial charge in [0.15, 0.2) is 0 Å². The van der Waals surface area contributed by atoms with Crippen LogP contribution in [0.1, 0.15) is 21.5 Å². The predicted molar refractivity (Wildman–Crippen MR) is 80.4 cm³/mol. The number of carbonyl (C=O) groups is 1. The summed E-state index contributed by atoms with van der Waals surface area (Å²) in [6, 6.07) is 4.96. The molecule has 0 aliphatic heterocycles. The van der Waals surface area contributed by atoms with E-state index in [-0.39, 0.29) is 11.3 Å². The molecule has 0 aliphatic rings. The number of thiophene rings is 1. The minimum absolute atomic E-state index is 0.112. The average Bonchev–Trinajstić information content (AvgIpc) is 2.82. The van der Waals surface area contributed by atoms with Crippen LogP contribution in [0.3, 0.4) is 0 Å². The van der Waals surface area contributed by atoms with E-state index in [1.165, 1.54) is 23.7 Å². The molecule has 3 rings (SSSR count). The van der Waals surface area contributed by atoms with E-state index < -0.39 is 5.97 Å². The molecular weight excluding hydrogens is 288 g/mol. The molecule has 0 bridgehead atoms. The van der Waals surface area contributed by atoms with Crippen molar-refractivity contribution >= 4 is 27.5 Å². The van der Waals surface area contributed by atoms with Crippen LogP contribution in [-0.4, -0.2) is 21.0 Å². The van der Waals surface area contributed by atoms with Gasteiger partial charge in [-0.05, 0) is 42.5 Å². The largest absolute Gasteiger partial charge is 0.478 e. The summed E-state index contributed by atoms with van der Waals surface area (Å²) >= 11 is 1.48. The number of carboxylic acids is 1. The minimum Gasteiger partial charge on any atom is -0.478 e. The number of hydrogen-bond acceptors (Lipinski definition) is 5. The van der Waals surface area contributed by atoms with Gasteiger partial charge in [-0.25, -0.2) is 14.8 Å². The first-order chi connectivity index (χ1) is 10.1. The van der Waals surface area contributed by atoms with Crippen LogP contribution < -0.4 is 4.74 Å². The van der Waals surface area contributed by atoms with Crippen LogP contribution >= 0.6 is 11.3 Å². The van der Waals surface area contributed by atoms with E-state index in [0.717, 1.165) is 21.3 Å². The van der Waals surface area contributed by atoms with Gasteiger partial charge in [-0.2, -0.15) is 0 Å². The second-order valence-corrected chi connectivity index (χ2v) is 5.56. The molecule has 2 aromatic heterocycles. The molecule has 0 atom stereocenters. The Bertz CT molecular complexity index is 842. The third-order valence-corrected chi connectivity index (χ3v) is 4.15. The lowest BCUT2D eigenvalue weighted by Crippen LogP contribution is -2.01. The molecule has 0 saturated carbocycles. The van der Waals surface area contributed by atoms with E-state index in [2.05, 4.69) is 9.97 Å². The molecule has 21 heavy (non-hydrogen) atoms. The van der Waals surface area contributed by atoms with Gasteiger partial charge in [-0.15, -0.1) is 11.3 Å². The van der Waals surface area contributed by atoms with Crippen molar-refractivity contribution in [2.45, 2.75) is 13.8 Å². The van der Waals surface area contributed by atoms with Gasteiger partial charge in [0, 0.05) is 0 Å². The molecule has 5 nitrogen and oxygen atoms in total. The fraction of sp³-hybridized carbons (Fsp3) is 0.133. The van der Waals surface area contributed by atoms with Crippen LogP contribution in [0.5, 0.6) is 11.6 Å². The summed E-state index contributed by atoms with van der Waals surface area (Å²) in [5.74, 6) is -0.364. The summed E-state index contributed by atoms with van der Waals surface area (Å²) in [7, 11) is 0. The highest BCUT2D eigenvalue weighted by Gasteiger charge is 2.15. The number of aromatic carboxylic acids is 1. The summed E-state index contributed by atoms with van der Waals surface area (Å²) in [6.45, 7) is 3.84. The lowest BCUT2D eigenvalue weighted by molar-refractivity contribution is 0.0694. The number of rotatable bonds is 3. The van der Waals surface area contributed by atoms with Crippen molar-refractivity contribution in [1.29, 1.82) is 0 Å². The maximum atomic E-state index is 11.3. The highest BCUT2D eigenvalue weighted by Crippen LogP contribution is 2.34. The molecule has 6 heteroatoms. The maximum Gasteiger partial charge on any atom is 0.339 e. The smallest absolute Gasteiger partial charge is 0.339 e. The summed E-state index contributed by atoms with van der Waals surface area (Å²) in [5, 5.41) is 11.2. The van der Waals surface area contributed by atoms with Crippen LogP contribution in [0.4, 0.5) is 0 Å². The minimum atomic E-state index is -1.03. The maximum absolute atomic E-state index is 11.3. The number of carboxylic acid groups (broad SMARTS) is 1. The number of aryl methyl sites for hydroxylation is 2. The molecule has 0 spiro atoms. The van der Waals surface area contributed by atoms with Gasteiger partial charge in [-0.3, -0.25) is 0 Å². The fourth-order valence-corrected chi connectivity index (χ4v) is 2.94. The van der Waals surface area contributed by atoms with Gasteiger partial charge in [-0.1, -0.05) is 6.07 Å². The molecule has 0 aliphatic carbocycles. The van der Waals surface area contributed by atoms with Gasteiger partial charge in [0.25, 0.3) is 0 Å². The number of fused-ring (bicyclic) bond motifs is 1. The molecule has 1 aromatic carbocycles. The lowest BCUT2D eigenvalue weighted by atomic mass is 10.1. The Balaban J connectivity index is 2.10. The zero-order valence-electron chi connectivity index (χ0n) is 11.5. The molecule has 0 amide bonds. The Morgan fingerprint density at radius 1 is 1.29 bits per heavy atom. The number of nitrogens with zero attached hydrogens (tertiary/aromatic N) is 2. The number of hydrogen-bond donors (Lipinski definition) is 1. The summed E-state index contributed by atoms with van der Waals surface area (Å²) in [6.07, 6.45) is 1.42. The van der Waals surface area contributed by atoms with Gasteiger partial charge in [0.1, 0.15) is 22.3 Å². The Hall–Kier alpha value is -2.47. The number of ether oxygens (including phenoxy) is 1. The molecular formula is C15H12N2O3S. The zero-order chi connectivity index (χ0) is 15.0. The fourth-order valence-electron chi connectivity index (χ4n) is 2.02. The topological polar surface area (TPSA) is 72.3 Å². The van der Waals surface area contributed by atoms with Crippen molar-refractivity contribution in [1.82, 2.24) is 9.97 Å². The highest BCUT2D eigenvalue weighted by molar-refractivity contribution is 7.17. The highest BCUT2D eigenvalue weighted by atomic mass is 32.1. The Kier molecular flexibility index (Phi) is 3.31. The number of aromatic nitrogens is 2. The molecule has 3 aromatic rings. The third-order valence-electron chi connectivity index (χ3n) is 3.07. The molecule has 0 fully saturated rings. The van der Waals surface area contributed by atoms with E-state index in [4.69, 9.17) is 4.74 Å². The first kappa shape index (κ1) is 13.5. The van der Waals surface area contributed by atoms with Crippen LogP contribution in [0.25, 0.3) is 10.2 Å². The van der Waals surface area contributed by atoms with Crippen LogP contribution in [-0.2, 0) is 0 Å². The normalized spacial score (nSPS) is 10.8. The van der Waals surface area contributed by atoms with Crippen molar-refractivity contribution in [3.63, 3.8) is 0 Å². The molecule has 106 valence electrons. The average molecular weight is 300 g/mol. The number of benzene rings is 1. The quantitative estimate of drug-likeness (QED) is 0.796. The van der Waals surface area contributed by atoms with Gasteiger partial charge in [0.05, 0.1) is 5.52 Å². The molecule has 0 saturated heterocycles. The second kappa shape index (κ2) is 5.14. The van der Waals surface area contributed by atoms with E-state index >= 15 is 0 Å². The predicted octanol–water partition coefficient (Wildman–Crippen LogP) is 3.80. The summed E-state index contributed by atoms with van der Waals surface area (Å²) < 4.78 is 6.57. The van der Waals surface area contributed by atoms with Crippen molar-refractivity contribution in [3.05, 3.63) is 46.6 Å². The van der Waals surface area contributed by atoms with Crippen molar-refractivity contribution < 1.29 is 14.6 Å². The monoisotopic (exact) mass is 300 g/mol. The molecule has 0 radical (unpaired) electrons. The van der Waals surface area contributed by atoms with Gasteiger partial charge in [0.2, 0.25) is 5.88 Å². The molecule has 0 unspecified atom stereocenters. The van der Waals surface area contributed by atoms with Crippen LogP contribution in [0.15, 0.2) is 29.9 Å². The second-order valence-electron chi connectivity index (χ2n) is 4.68. The van der Waals surface area contributed by atoms with Crippen molar-refractivity contribution in [2.75, 3.05) is 0 Å². The first-order valence-corrected chi connectivity index (χ1v) is 7.15. The van der Waals surface area contributed by atoms with Gasteiger partial charge >= 0.3 is 5.97 Å². The Morgan fingerprint density at radius 3 is 2.86 bits per heavy atom. The van der Waals surface area contributed by atoms with Crippen LogP contribution in [0, 0.1) is 13.8 Å². The van der Waals surface area contributed by atoms with E-state index in [9.17, 15) is 9.90 Å². The SMILES string of the molecule is Cc1ccc(C(=O)O)c(Oc2ncnc3c(C)csc23)c1. The standard InChI is InChI=1S/C15H12N2O3S/c1-8-3-4-10(15(18)19)11(5-8)20-14-13-12(16-7-17-14)9(2)6-21-13/h3-7H,1-2H3,(H,18,19).